The SMILES string of the molecule is CCCC(O)(c1ncc(OC)nc1OC)C1CC1. The third kappa shape index (κ3) is 2.27. The van der Waals surface area contributed by atoms with Crippen LogP contribution in [-0.2, 0) is 5.60 Å². The van der Waals surface area contributed by atoms with Gasteiger partial charge in [-0.1, -0.05) is 13.3 Å². The standard InChI is InChI=1S/C13H20N2O3/c1-4-7-13(16,9-5-6-9)11-12(18-3)15-10(17-2)8-14-11/h8-9,16H,4-7H2,1-3H3. The van der Waals surface area contributed by atoms with Gasteiger partial charge in [0.15, 0.2) is 0 Å². The molecule has 0 radical (unpaired) electrons. The van der Waals surface area contributed by atoms with E-state index in [0.717, 1.165) is 19.3 Å². The van der Waals surface area contributed by atoms with Gasteiger partial charge in [0.25, 0.3) is 0 Å². The number of methoxy groups -OCH3 is 2. The largest absolute Gasteiger partial charge is 0.480 e. The molecule has 1 atom stereocenters. The number of hydrogen-bond donors (Lipinski definition) is 1. The highest BCUT2D eigenvalue weighted by Crippen LogP contribution is 2.49. The van der Waals surface area contributed by atoms with Gasteiger partial charge in [-0.2, -0.15) is 4.98 Å². The molecule has 0 amide bonds. The Balaban J connectivity index is 2.40. The van der Waals surface area contributed by atoms with Gasteiger partial charge < -0.3 is 14.6 Å². The summed E-state index contributed by atoms with van der Waals surface area (Å²) in [4.78, 5) is 8.51. The van der Waals surface area contributed by atoms with Crippen molar-refractivity contribution in [2.45, 2.75) is 38.2 Å². The molecule has 1 aliphatic rings. The predicted octanol–water partition coefficient (Wildman–Crippen LogP) is 1.89. The van der Waals surface area contributed by atoms with Crippen LogP contribution in [0.5, 0.6) is 11.8 Å². The van der Waals surface area contributed by atoms with E-state index in [1.54, 1.807) is 0 Å². The maximum Gasteiger partial charge on any atom is 0.241 e. The van der Waals surface area contributed by atoms with Crippen molar-refractivity contribution in [3.63, 3.8) is 0 Å². The van der Waals surface area contributed by atoms with Gasteiger partial charge in [0.2, 0.25) is 11.8 Å². The van der Waals surface area contributed by atoms with Gasteiger partial charge in [-0.05, 0) is 25.2 Å². The normalized spacial score (nSPS) is 18.2. The highest BCUT2D eigenvalue weighted by Gasteiger charge is 2.47. The summed E-state index contributed by atoms with van der Waals surface area (Å²) in [6, 6.07) is 0. The van der Waals surface area contributed by atoms with Gasteiger partial charge in [-0.25, -0.2) is 4.98 Å². The Morgan fingerprint density at radius 1 is 1.39 bits per heavy atom. The fraction of sp³-hybridized carbons (Fsp3) is 0.692. The molecule has 1 unspecified atom stereocenters. The maximum absolute atomic E-state index is 10.9. The Hall–Kier alpha value is -1.36. The average molecular weight is 252 g/mol. The van der Waals surface area contributed by atoms with Gasteiger partial charge in [0.1, 0.15) is 11.3 Å². The second-order valence-corrected chi connectivity index (χ2v) is 4.72. The van der Waals surface area contributed by atoms with Crippen molar-refractivity contribution < 1.29 is 14.6 Å². The number of aliphatic hydroxyl groups is 1. The summed E-state index contributed by atoms with van der Waals surface area (Å²) in [5.41, 5.74) is -0.380. The van der Waals surface area contributed by atoms with Gasteiger partial charge in [-0.15, -0.1) is 0 Å². The van der Waals surface area contributed by atoms with Crippen LogP contribution in [-0.4, -0.2) is 29.3 Å². The van der Waals surface area contributed by atoms with E-state index in [4.69, 9.17) is 9.47 Å². The van der Waals surface area contributed by atoms with Crippen LogP contribution in [0.2, 0.25) is 0 Å². The Labute approximate surface area is 107 Å². The third-order valence-corrected chi connectivity index (χ3v) is 3.41. The molecule has 1 aliphatic carbocycles. The lowest BCUT2D eigenvalue weighted by atomic mass is 9.88. The molecule has 5 heteroatoms. The van der Waals surface area contributed by atoms with Crippen LogP contribution in [0.25, 0.3) is 0 Å². The van der Waals surface area contributed by atoms with Gasteiger partial charge in [-0.3, -0.25) is 0 Å². The molecule has 100 valence electrons. The second kappa shape index (κ2) is 5.10. The van der Waals surface area contributed by atoms with E-state index in [2.05, 4.69) is 16.9 Å². The molecule has 0 saturated heterocycles. The zero-order valence-corrected chi connectivity index (χ0v) is 11.1. The molecule has 0 aliphatic heterocycles. The van der Waals surface area contributed by atoms with Crippen molar-refractivity contribution in [3.05, 3.63) is 11.9 Å². The fourth-order valence-corrected chi connectivity index (χ4v) is 2.35. The minimum absolute atomic E-state index is 0.272. The number of ether oxygens (including phenoxy) is 2. The van der Waals surface area contributed by atoms with E-state index in [-0.39, 0.29) is 5.92 Å². The maximum atomic E-state index is 10.9. The summed E-state index contributed by atoms with van der Waals surface area (Å²) in [6.07, 6.45) is 5.17. The lowest BCUT2D eigenvalue weighted by molar-refractivity contribution is -0.00375. The molecule has 1 fully saturated rings. The zero-order valence-electron chi connectivity index (χ0n) is 11.1. The monoisotopic (exact) mass is 252 g/mol. The van der Waals surface area contributed by atoms with Gasteiger partial charge in [0, 0.05) is 0 Å². The Morgan fingerprint density at radius 2 is 2.11 bits per heavy atom. The first-order valence-corrected chi connectivity index (χ1v) is 6.33. The number of rotatable bonds is 6. The van der Waals surface area contributed by atoms with Crippen molar-refractivity contribution in [2.24, 2.45) is 5.92 Å². The van der Waals surface area contributed by atoms with E-state index in [0.29, 0.717) is 23.9 Å². The van der Waals surface area contributed by atoms with E-state index >= 15 is 0 Å². The highest BCUT2D eigenvalue weighted by molar-refractivity contribution is 5.30. The van der Waals surface area contributed by atoms with Crippen LogP contribution in [0, 0.1) is 5.92 Å². The molecule has 0 bridgehead atoms. The number of aromatic nitrogens is 2. The van der Waals surface area contributed by atoms with Crippen molar-refractivity contribution in [3.8, 4) is 11.8 Å². The van der Waals surface area contributed by atoms with Crippen LogP contribution >= 0.6 is 0 Å². The molecule has 1 heterocycles. The summed E-state index contributed by atoms with van der Waals surface area (Å²) in [5, 5.41) is 10.9. The van der Waals surface area contributed by atoms with Crippen LogP contribution in [0.4, 0.5) is 0 Å². The van der Waals surface area contributed by atoms with Crippen molar-refractivity contribution >= 4 is 0 Å². The molecular weight excluding hydrogens is 232 g/mol. The smallest absolute Gasteiger partial charge is 0.241 e. The van der Waals surface area contributed by atoms with E-state index in [1.165, 1.54) is 20.4 Å². The lowest BCUT2D eigenvalue weighted by Crippen LogP contribution is -2.30. The first kappa shape index (κ1) is 13.1. The Bertz CT molecular complexity index is 421. The average Bonchev–Trinajstić information content (AvgIpc) is 3.22. The topological polar surface area (TPSA) is 64.5 Å². The molecule has 1 N–H and O–H groups in total. The summed E-state index contributed by atoms with van der Waals surface area (Å²) in [7, 11) is 3.06. The predicted molar refractivity (Wildman–Crippen MR) is 66.7 cm³/mol. The number of hydrogen-bond acceptors (Lipinski definition) is 5. The fourth-order valence-electron chi connectivity index (χ4n) is 2.35. The molecule has 5 nitrogen and oxygen atoms in total. The van der Waals surface area contributed by atoms with Crippen molar-refractivity contribution in [1.29, 1.82) is 0 Å². The van der Waals surface area contributed by atoms with Crippen LogP contribution in [0.15, 0.2) is 6.20 Å². The summed E-state index contributed by atoms with van der Waals surface area (Å²) >= 11 is 0. The van der Waals surface area contributed by atoms with Crippen LogP contribution in [0.3, 0.4) is 0 Å². The first-order chi connectivity index (χ1) is 8.65. The summed E-state index contributed by atoms with van der Waals surface area (Å²) in [6.45, 7) is 2.05. The zero-order chi connectivity index (χ0) is 13.2. The minimum Gasteiger partial charge on any atom is -0.480 e. The lowest BCUT2D eigenvalue weighted by Gasteiger charge is -2.28. The van der Waals surface area contributed by atoms with Gasteiger partial charge in [0.05, 0.1) is 20.4 Å². The molecular formula is C13H20N2O3. The molecule has 1 aromatic heterocycles. The Kier molecular flexibility index (Phi) is 3.71. The number of nitrogens with zero attached hydrogens (tertiary/aromatic N) is 2. The molecule has 18 heavy (non-hydrogen) atoms. The molecule has 0 aromatic carbocycles. The first-order valence-electron chi connectivity index (χ1n) is 6.33. The van der Waals surface area contributed by atoms with Gasteiger partial charge >= 0.3 is 0 Å². The quantitative estimate of drug-likeness (QED) is 0.837. The Morgan fingerprint density at radius 3 is 2.61 bits per heavy atom. The van der Waals surface area contributed by atoms with E-state index in [9.17, 15) is 5.11 Å². The second-order valence-electron chi connectivity index (χ2n) is 4.72. The molecule has 1 aromatic rings. The van der Waals surface area contributed by atoms with Crippen LogP contribution in [0.1, 0.15) is 38.3 Å². The summed E-state index contributed by atoms with van der Waals surface area (Å²) in [5.74, 6) is 1.02. The minimum atomic E-state index is -0.917. The van der Waals surface area contributed by atoms with Crippen molar-refractivity contribution in [2.75, 3.05) is 14.2 Å². The molecule has 1 saturated carbocycles. The van der Waals surface area contributed by atoms with Crippen molar-refractivity contribution in [1.82, 2.24) is 9.97 Å². The van der Waals surface area contributed by atoms with Crippen LogP contribution < -0.4 is 9.47 Å². The van der Waals surface area contributed by atoms with E-state index < -0.39 is 5.60 Å². The molecule has 0 spiro atoms. The highest BCUT2D eigenvalue weighted by atomic mass is 16.5. The third-order valence-electron chi connectivity index (χ3n) is 3.41. The molecule has 2 rings (SSSR count). The van der Waals surface area contributed by atoms with E-state index in [1.807, 2.05) is 0 Å². The summed E-state index contributed by atoms with van der Waals surface area (Å²) < 4.78 is 10.3.